The van der Waals surface area contributed by atoms with Gasteiger partial charge in [0.05, 0.1) is 17.2 Å². The number of aromatic nitrogens is 1. The summed E-state index contributed by atoms with van der Waals surface area (Å²) in [4.78, 5) is 42.4. The molecular formula is C32H24F4N2O3. The van der Waals surface area contributed by atoms with Crippen molar-refractivity contribution in [2.24, 2.45) is 5.73 Å². The van der Waals surface area contributed by atoms with Gasteiger partial charge in [0.1, 0.15) is 34.8 Å². The molecular weight excluding hydrogens is 536 g/mol. The van der Waals surface area contributed by atoms with Gasteiger partial charge in [-0.2, -0.15) is 0 Å². The molecule has 0 bridgehead atoms. The monoisotopic (exact) mass is 560 g/mol. The summed E-state index contributed by atoms with van der Waals surface area (Å²) in [5, 5.41) is 0. The van der Waals surface area contributed by atoms with Gasteiger partial charge < -0.3 is 5.73 Å². The highest BCUT2D eigenvalue weighted by atomic mass is 19.1. The van der Waals surface area contributed by atoms with Crippen LogP contribution in [0.2, 0.25) is 0 Å². The van der Waals surface area contributed by atoms with Crippen LogP contribution in [0.1, 0.15) is 57.4 Å². The van der Waals surface area contributed by atoms with Crippen molar-refractivity contribution >= 4 is 17.5 Å². The Hall–Kier alpha value is -4.66. The number of pyridine rings is 1. The number of hydrogen-bond acceptors (Lipinski definition) is 4. The standard InChI is InChI=1S/C32H24F4N2O3/c33-21-4-5-25-19(11-21)14-30(40)27(25)16-24(39)12-20(8-17-9-22(34)15-23(35)10-17)31-26(2-1-7-38-31)18-3-6-29(36)28(13-18)32(37)41/h1-7,9-11,13,15,20,27H,8,12,14,16H2,(H2,37,41)/t20-,27?/m1/s1. The Balaban J connectivity index is 1.51. The van der Waals surface area contributed by atoms with E-state index >= 15 is 0 Å². The highest BCUT2D eigenvalue weighted by Gasteiger charge is 2.33. The van der Waals surface area contributed by atoms with Crippen molar-refractivity contribution < 1.29 is 31.9 Å². The molecule has 0 radical (unpaired) electrons. The highest BCUT2D eigenvalue weighted by molar-refractivity contribution is 5.97. The van der Waals surface area contributed by atoms with Gasteiger partial charge in [-0.05, 0) is 71.1 Å². The number of fused-ring (bicyclic) bond motifs is 1. The number of carbonyl (C=O) groups is 3. The molecule has 0 saturated carbocycles. The molecule has 41 heavy (non-hydrogen) atoms. The molecule has 2 atom stereocenters. The van der Waals surface area contributed by atoms with Gasteiger partial charge in [0, 0.05) is 43.0 Å². The maximum Gasteiger partial charge on any atom is 0.251 e. The van der Waals surface area contributed by atoms with Crippen LogP contribution < -0.4 is 5.73 Å². The normalized spacial score (nSPS) is 15.0. The molecule has 1 unspecified atom stereocenters. The third kappa shape index (κ3) is 6.09. The zero-order valence-corrected chi connectivity index (χ0v) is 21.7. The predicted molar refractivity (Wildman–Crippen MR) is 143 cm³/mol. The molecule has 5 nitrogen and oxygen atoms in total. The summed E-state index contributed by atoms with van der Waals surface area (Å²) < 4.78 is 56.0. The second-order valence-electron chi connectivity index (χ2n) is 10.2. The van der Waals surface area contributed by atoms with E-state index in [0.717, 1.165) is 24.3 Å². The summed E-state index contributed by atoms with van der Waals surface area (Å²) in [5.41, 5.74) is 7.71. The van der Waals surface area contributed by atoms with Crippen molar-refractivity contribution in [3.05, 3.63) is 124 Å². The Morgan fingerprint density at radius 2 is 1.68 bits per heavy atom. The number of amides is 1. The summed E-state index contributed by atoms with van der Waals surface area (Å²) in [7, 11) is 0. The SMILES string of the molecule is NC(=O)c1cc(-c2cccnc2[C@@H](CC(=O)CC2C(=O)Cc3cc(F)ccc32)Cc2cc(F)cc(F)c2)ccc1F. The Kier molecular flexibility index (Phi) is 7.79. The van der Waals surface area contributed by atoms with Crippen molar-refractivity contribution in [1.82, 2.24) is 4.98 Å². The number of Topliss-reactive ketones (excluding diaryl/α,β-unsaturated/α-hetero) is 2. The molecule has 0 fully saturated rings. The Bertz CT molecular complexity index is 1670. The minimum Gasteiger partial charge on any atom is -0.366 e. The lowest BCUT2D eigenvalue weighted by molar-refractivity contribution is -0.124. The second kappa shape index (κ2) is 11.4. The number of ketones is 2. The summed E-state index contributed by atoms with van der Waals surface area (Å²) in [6.07, 6.45) is 1.29. The van der Waals surface area contributed by atoms with Crippen LogP contribution in [0.5, 0.6) is 0 Å². The third-order valence-electron chi connectivity index (χ3n) is 7.31. The molecule has 9 heteroatoms. The summed E-state index contributed by atoms with van der Waals surface area (Å²) in [6.45, 7) is 0. The van der Waals surface area contributed by atoms with E-state index in [1.165, 1.54) is 36.5 Å². The Morgan fingerprint density at radius 1 is 0.927 bits per heavy atom. The van der Waals surface area contributed by atoms with E-state index in [-0.39, 0.29) is 48.4 Å². The number of nitrogens with two attached hydrogens (primary N) is 1. The third-order valence-corrected chi connectivity index (χ3v) is 7.31. The molecule has 1 aliphatic carbocycles. The van der Waals surface area contributed by atoms with Crippen LogP contribution in [0.25, 0.3) is 11.1 Å². The largest absolute Gasteiger partial charge is 0.366 e. The molecule has 1 amide bonds. The van der Waals surface area contributed by atoms with Crippen molar-refractivity contribution in [3.8, 4) is 11.1 Å². The van der Waals surface area contributed by atoms with Gasteiger partial charge in [0.15, 0.2) is 0 Å². The summed E-state index contributed by atoms with van der Waals surface area (Å²) >= 11 is 0. The van der Waals surface area contributed by atoms with Crippen LogP contribution in [0.3, 0.4) is 0 Å². The van der Waals surface area contributed by atoms with E-state index in [9.17, 15) is 31.9 Å². The van der Waals surface area contributed by atoms with Gasteiger partial charge in [-0.1, -0.05) is 18.2 Å². The number of nitrogens with zero attached hydrogens (tertiary/aromatic N) is 1. The molecule has 4 aromatic rings. The van der Waals surface area contributed by atoms with Crippen molar-refractivity contribution in [2.45, 2.75) is 37.5 Å². The lowest BCUT2D eigenvalue weighted by atomic mass is 9.84. The lowest BCUT2D eigenvalue weighted by Gasteiger charge is -2.21. The average molecular weight is 561 g/mol. The van der Waals surface area contributed by atoms with Crippen LogP contribution in [-0.4, -0.2) is 22.5 Å². The van der Waals surface area contributed by atoms with Crippen molar-refractivity contribution in [3.63, 3.8) is 0 Å². The lowest BCUT2D eigenvalue weighted by Crippen LogP contribution is -2.17. The highest BCUT2D eigenvalue weighted by Crippen LogP contribution is 2.37. The van der Waals surface area contributed by atoms with Gasteiger partial charge >= 0.3 is 0 Å². The van der Waals surface area contributed by atoms with E-state index in [0.29, 0.717) is 27.9 Å². The van der Waals surface area contributed by atoms with Gasteiger partial charge in [-0.25, -0.2) is 17.6 Å². The van der Waals surface area contributed by atoms with Gasteiger partial charge in [-0.3, -0.25) is 19.4 Å². The molecule has 1 heterocycles. The van der Waals surface area contributed by atoms with Crippen molar-refractivity contribution in [2.75, 3.05) is 0 Å². The number of carbonyl (C=O) groups excluding carboxylic acids is 3. The number of hydrogen-bond donors (Lipinski definition) is 1. The van der Waals surface area contributed by atoms with E-state index in [4.69, 9.17) is 5.73 Å². The fraction of sp³-hybridized carbons (Fsp3) is 0.188. The minimum absolute atomic E-state index is 0.0225. The Labute approximate surface area is 233 Å². The van der Waals surface area contributed by atoms with Crippen LogP contribution in [0.15, 0.2) is 72.9 Å². The number of rotatable bonds is 9. The molecule has 1 aromatic heterocycles. The molecule has 3 aromatic carbocycles. The minimum atomic E-state index is -0.960. The molecule has 5 rings (SSSR count). The fourth-order valence-electron chi connectivity index (χ4n) is 5.51. The Morgan fingerprint density at radius 3 is 2.41 bits per heavy atom. The zero-order valence-electron chi connectivity index (χ0n) is 21.7. The zero-order chi connectivity index (χ0) is 29.3. The number of benzene rings is 3. The van der Waals surface area contributed by atoms with Crippen LogP contribution in [0.4, 0.5) is 17.6 Å². The fourth-order valence-corrected chi connectivity index (χ4v) is 5.51. The molecule has 1 aliphatic rings. The first kappa shape index (κ1) is 27.9. The molecule has 0 saturated heterocycles. The first-order chi connectivity index (χ1) is 19.6. The topological polar surface area (TPSA) is 90.1 Å². The molecule has 0 aliphatic heterocycles. The number of primary amides is 1. The van der Waals surface area contributed by atoms with Gasteiger partial charge in [0.25, 0.3) is 5.91 Å². The number of halogens is 4. The summed E-state index contributed by atoms with van der Waals surface area (Å²) in [6, 6.07) is 14.3. The second-order valence-corrected chi connectivity index (χ2v) is 10.2. The van der Waals surface area contributed by atoms with E-state index in [1.54, 1.807) is 12.1 Å². The smallest absolute Gasteiger partial charge is 0.251 e. The van der Waals surface area contributed by atoms with Crippen LogP contribution >= 0.6 is 0 Å². The van der Waals surface area contributed by atoms with Crippen LogP contribution in [-0.2, 0) is 22.4 Å². The first-order valence-corrected chi connectivity index (χ1v) is 12.9. The van der Waals surface area contributed by atoms with Crippen molar-refractivity contribution in [1.29, 1.82) is 0 Å². The molecule has 0 spiro atoms. The van der Waals surface area contributed by atoms with E-state index in [1.807, 2.05) is 0 Å². The van der Waals surface area contributed by atoms with Crippen LogP contribution in [0, 0.1) is 23.3 Å². The quantitative estimate of drug-likeness (QED) is 0.255. The van der Waals surface area contributed by atoms with E-state index < -0.39 is 41.0 Å². The predicted octanol–water partition coefficient (Wildman–Crippen LogP) is 5.99. The van der Waals surface area contributed by atoms with Gasteiger partial charge in [0.2, 0.25) is 0 Å². The maximum absolute atomic E-state index is 14.2. The summed E-state index contributed by atoms with van der Waals surface area (Å²) in [5.74, 6) is -5.69. The van der Waals surface area contributed by atoms with Gasteiger partial charge in [-0.15, -0.1) is 0 Å². The first-order valence-electron chi connectivity index (χ1n) is 12.9. The van der Waals surface area contributed by atoms with E-state index in [2.05, 4.69) is 4.98 Å². The molecule has 2 N–H and O–H groups in total. The molecule has 208 valence electrons. The maximum atomic E-state index is 14.2. The average Bonchev–Trinajstić information content (AvgIpc) is 3.21.